The van der Waals surface area contributed by atoms with Gasteiger partial charge in [-0.3, -0.25) is 0 Å². The number of aryl methyl sites for hydroxylation is 1. The smallest absolute Gasteiger partial charge is 0.135 e. The van der Waals surface area contributed by atoms with Crippen LogP contribution in [0.2, 0.25) is 5.02 Å². The summed E-state index contributed by atoms with van der Waals surface area (Å²) >= 11 is 6.31. The number of unbranched alkanes of at least 4 members (excludes halogenated alkanes) is 2. The molecule has 0 aliphatic heterocycles. The maximum atomic E-state index is 14.0. The number of halogens is 2. The van der Waals surface area contributed by atoms with Crippen molar-refractivity contribution in [3.8, 4) is 16.9 Å². The predicted octanol–water partition coefficient (Wildman–Crippen LogP) is 7.65. The number of amidine groups is 1. The van der Waals surface area contributed by atoms with E-state index in [-0.39, 0.29) is 17.6 Å². The lowest BCUT2D eigenvalue weighted by Crippen LogP contribution is -2.37. The van der Waals surface area contributed by atoms with Crippen molar-refractivity contribution in [2.24, 2.45) is 10.7 Å². The molecule has 1 aliphatic carbocycles. The third kappa shape index (κ3) is 6.88. The molecule has 2 aromatic carbocycles. The number of ether oxygens (including phenoxy) is 1. The number of aromatic nitrogens is 2. The maximum absolute atomic E-state index is 14.0. The van der Waals surface area contributed by atoms with Crippen molar-refractivity contribution in [3.63, 3.8) is 0 Å². The molecule has 5 rings (SSSR count). The van der Waals surface area contributed by atoms with E-state index < -0.39 is 5.82 Å². The highest BCUT2D eigenvalue weighted by Gasteiger charge is 2.24. The first kappa shape index (κ1) is 29.9. The summed E-state index contributed by atoms with van der Waals surface area (Å²) in [4.78, 5) is 4.52. The van der Waals surface area contributed by atoms with E-state index in [0.29, 0.717) is 16.6 Å². The van der Waals surface area contributed by atoms with Crippen molar-refractivity contribution in [1.82, 2.24) is 14.9 Å². The third-order valence-electron chi connectivity index (χ3n) is 8.10. The predicted molar refractivity (Wildman–Crippen MR) is 171 cm³/mol. The van der Waals surface area contributed by atoms with Gasteiger partial charge in [0.1, 0.15) is 17.4 Å². The molecule has 0 atom stereocenters. The first-order chi connectivity index (χ1) is 20.4. The number of aliphatic imine (C=N–C) groups is 1. The molecule has 2 aromatic heterocycles. The van der Waals surface area contributed by atoms with Crippen LogP contribution in [-0.4, -0.2) is 41.2 Å². The normalized spacial score (nSPS) is 17.5. The van der Waals surface area contributed by atoms with E-state index in [4.69, 9.17) is 22.1 Å². The van der Waals surface area contributed by atoms with Crippen LogP contribution in [0, 0.1) is 12.7 Å². The largest absolute Gasteiger partial charge is 0.497 e. The third-order valence-corrected chi connectivity index (χ3v) is 8.42. The van der Waals surface area contributed by atoms with Crippen molar-refractivity contribution in [3.05, 3.63) is 76.8 Å². The van der Waals surface area contributed by atoms with E-state index in [0.717, 1.165) is 65.9 Å². The van der Waals surface area contributed by atoms with Crippen molar-refractivity contribution in [2.75, 3.05) is 19.0 Å². The summed E-state index contributed by atoms with van der Waals surface area (Å²) in [7, 11) is 1.67. The number of rotatable bonds is 11. The summed E-state index contributed by atoms with van der Waals surface area (Å²) in [6, 6.07) is 13.1. The summed E-state index contributed by atoms with van der Waals surface area (Å²) < 4.78 is 21.3. The number of benzene rings is 2. The zero-order valence-corrected chi connectivity index (χ0v) is 25.3. The highest BCUT2D eigenvalue weighted by molar-refractivity contribution is 6.33. The Hall–Kier alpha value is -3.62. The van der Waals surface area contributed by atoms with E-state index in [2.05, 4.69) is 46.7 Å². The number of anilines is 1. The van der Waals surface area contributed by atoms with E-state index in [1.165, 1.54) is 37.5 Å². The lowest BCUT2D eigenvalue weighted by molar-refractivity contribution is 0.352. The van der Waals surface area contributed by atoms with E-state index in [9.17, 15) is 4.39 Å². The van der Waals surface area contributed by atoms with Gasteiger partial charge in [-0.05, 0) is 87.0 Å². The van der Waals surface area contributed by atoms with Crippen molar-refractivity contribution < 1.29 is 9.13 Å². The fourth-order valence-electron chi connectivity index (χ4n) is 5.73. The van der Waals surface area contributed by atoms with Gasteiger partial charge in [0, 0.05) is 29.9 Å². The van der Waals surface area contributed by atoms with Gasteiger partial charge in [0.25, 0.3) is 0 Å². The fourth-order valence-corrected chi connectivity index (χ4v) is 5.89. The second kappa shape index (κ2) is 13.6. The molecule has 222 valence electrons. The Kier molecular flexibility index (Phi) is 9.65. The molecule has 42 heavy (non-hydrogen) atoms. The van der Waals surface area contributed by atoms with Gasteiger partial charge in [0.05, 0.1) is 40.8 Å². The van der Waals surface area contributed by atoms with Crippen LogP contribution in [0.1, 0.15) is 63.0 Å². The van der Waals surface area contributed by atoms with Gasteiger partial charge < -0.3 is 21.1 Å². The molecule has 4 aromatic rings. The zero-order chi connectivity index (χ0) is 29.6. The number of nitrogens with zero attached hydrogens (tertiary/aromatic N) is 3. The molecule has 0 unspecified atom stereocenters. The van der Waals surface area contributed by atoms with Crippen molar-refractivity contribution >= 4 is 34.3 Å². The Bertz CT molecular complexity index is 1560. The number of hydrogen-bond acceptors (Lipinski definition) is 5. The monoisotopic (exact) mass is 590 g/mol. The summed E-state index contributed by atoms with van der Waals surface area (Å²) in [6.07, 6.45) is 11.8. The van der Waals surface area contributed by atoms with Gasteiger partial charge in [-0.2, -0.15) is 5.10 Å². The lowest BCUT2D eigenvalue weighted by Gasteiger charge is -2.31. The lowest BCUT2D eigenvalue weighted by atomic mass is 9.90. The zero-order valence-electron chi connectivity index (χ0n) is 24.6. The van der Waals surface area contributed by atoms with Gasteiger partial charge in [-0.15, -0.1) is 0 Å². The second-order valence-electron chi connectivity index (χ2n) is 11.1. The molecule has 0 amide bonds. The van der Waals surface area contributed by atoms with E-state index in [1.807, 2.05) is 22.8 Å². The van der Waals surface area contributed by atoms with Crippen LogP contribution in [-0.2, 0) is 0 Å². The highest BCUT2D eigenvalue weighted by atomic mass is 35.5. The minimum absolute atomic E-state index is 0.217. The van der Waals surface area contributed by atoms with E-state index >= 15 is 0 Å². The molecule has 0 saturated heterocycles. The molecule has 0 bridgehead atoms. The average molecular weight is 591 g/mol. The summed E-state index contributed by atoms with van der Waals surface area (Å²) in [6.45, 7) is 5.39. The Morgan fingerprint density at radius 3 is 2.64 bits per heavy atom. The molecule has 4 N–H and O–H groups in total. The fraction of sp³-hybridized carbons (Fsp3) is 0.394. The van der Waals surface area contributed by atoms with Crippen LogP contribution in [0.5, 0.6) is 5.75 Å². The Morgan fingerprint density at radius 2 is 1.90 bits per heavy atom. The van der Waals surface area contributed by atoms with Gasteiger partial charge in [-0.25, -0.2) is 13.9 Å². The number of hydrogen-bond donors (Lipinski definition) is 3. The standard InChI is InChI=1S/C33H40ClFN6O/c1-4-5-6-15-37-24-8-10-25(11-9-24)39-32-28(33(36)40-30-18-23(35)7-14-29(30)34)19-38-41-20-22(17-31(32)41)27-13-12-26(42-3)16-21(27)2/h7,12-14,16-20,24-25,37,39H,4-6,8-11,15H2,1-3H3,(H2,36,40)/t24-,25-. The first-order valence-corrected chi connectivity index (χ1v) is 15.2. The van der Waals surface area contributed by atoms with Crippen LogP contribution in [0.25, 0.3) is 16.6 Å². The molecule has 2 heterocycles. The minimum Gasteiger partial charge on any atom is -0.497 e. The SMILES string of the molecule is CCCCCN[C@H]1CC[C@H](Nc2c(C(N)=Nc3cc(F)ccc3Cl)cnn3cc(-c4ccc(OC)cc4C)cc23)CC1. The van der Waals surface area contributed by atoms with Crippen LogP contribution >= 0.6 is 11.6 Å². The first-order valence-electron chi connectivity index (χ1n) is 14.8. The molecular formula is C33H40ClFN6O. The molecule has 1 aliphatic rings. The molecule has 9 heteroatoms. The summed E-state index contributed by atoms with van der Waals surface area (Å²) in [5.74, 6) is 0.608. The molecular weight excluding hydrogens is 551 g/mol. The Morgan fingerprint density at radius 1 is 1.12 bits per heavy atom. The Labute approximate surface area is 252 Å². The molecule has 1 fully saturated rings. The maximum Gasteiger partial charge on any atom is 0.135 e. The van der Waals surface area contributed by atoms with Gasteiger partial charge in [-0.1, -0.05) is 37.4 Å². The number of methoxy groups -OCH3 is 1. The van der Waals surface area contributed by atoms with Gasteiger partial charge >= 0.3 is 0 Å². The van der Waals surface area contributed by atoms with Crippen LogP contribution in [0.3, 0.4) is 0 Å². The van der Waals surface area contributed by atoms with Gasteiger partial charge in [0.2, 0.25) is 0 Å². The van der Waals surface area contributed by atoms with Crippen LogP contribution in [0.15, 0.2) is 59.9 Å². The van der Waals surface area contributed by atoms with Crippen molar-refractivity contribution in [1.29, 1.82) is 0 Å². The highest BCUT2D eigenvalue weighted by Crippen LogP contribution is 2.34. The minimum atomic E-state index is -0.427. The Balaban J connectivity index is 1.48. The van der Waals surface area contributed by atoms with Crippen LogP contribution in [0.4, 0.5) is 15.8 Å². The molecule has 7 nitrogen and oxygen atoms in total. The second-order valence-corrected chi connectivity index (χ2v) is 11.5. The number of nitrogens with one attached hydrogen (secondary N) is 2. The molecule has 0 spiro atoms. The number of fused-ring (bicyclic) bond motifs is 1. The quantitative estimate of drug-likeness (QED) is 0.0948. The topological polar surface area (TPSA) is 89.0 Å². The van der Waals surface area contributed by atoms with E-state index in [1.54, 1.807) is 13.3 Å². The van der Waals surface area contributed by atoms with Crippen molar-refractivity contribution in [2.45, 2.75) is 70.9 Å². The van der Waals surface area contributed by atoms with Gasteiger partial charge in [0.15, 0.2) is 0 Å². The van der Waals surface area contributed by atoms with Crippen LogP contribution < -0.4 is 21.1 Å². The average Bonchev–Trinajstić information content (AvgIpc) is 3.42. The summed E-state index contributed by atoms with van der Waals surface area (Å²) in [5.41, 5.74) is 12.5. The number of nitrogens with two attached hydrogens (primary N) is 1. The molecule has 0 radical (unpaired) electrons. The molecule has 1 saturated carbocycles. The summed E-state index contributed by atoms with van der Waals surface area (Å²) in [5, 5.41) is 12.6.